The Balaban J connectivity index is 1.19. The van der Waals surface area contributed by atoms with Gasteiger partial charge in [0.25, 0.3) is 0 Å². The standard InChI is InChI=1S/C28H40F2O7/c1-16(2)28(19-5-17-4-18(7-19)8-20(28)6-17)36-21(31)9-35-26-11-24(33)10-25(34,12-26)14-27(13-24,15-26)37-22(32)23(3,29)30/h16-20,33-34H,4-15H2,1-3H3. The number of rotatable bonds is 7. The Morgan fingerprint density at radius 1 is 0.838 bits per heavy atom. The Kier molecular flexibility index (Phi) is 5.52. The van der Waals surface area contributed by atoms with Gasteiger partial charge in [-0.05, 0) is 61.7 Å². The van der Waals surface area contributed by atoms with Crippen molar-refractivity contribution in [2.24, 2.45) is 29.6 Å². The van der Waals surface area contributed by atoms with Crippen molar-refractivity contribution in [3.05, 3.63) is 0 Å². The van der Waals surface area contributed by atoms with E-state index in [1.54, 1.807) is 0 Å². The summed E-state index contributed by atoms with van der Waals surface area (Å²) in [6.45, 7) is 4.36. The van der Waals surface area contributed by atoms with Crippen LogP contribution in [0.25, 0.3) is 0 Å². The summed E-state index contributed by atoms with van der Waals surface area (Å²) >= 11 is 0. The highest BCUT2D eigenvalue weighted by molar-refractivity contribution is 5.77. The van der Waals surface area contributed by atoms with E-state index in [2.05, 4.69) is 13.8 Å². The van der Waals surface area contributed by atoms with Crippen molar-refractivity contribution in [1.82, 2.24) is 0 Å². The monoisotopic (exact) mass is 526 g/mol. The molecule has 0 aromatic rings. The minimum absolute atomic E-state index is 0.0398. The summed E-state index contributed by atoms with van der Waals surface area (Å²) in [5.41, 5.74) is -6.02. The first-order valence-corrected chi connectivity index (χ1v) is 14.0. The van der Waals surface area contributed by atoms with E-state index in [4.69, 9.17) is 14.2 Å². The number of carbonyl (C=O) groups excluding carboxylic acids is 2. The molecule has 9 heteroatoms. The van der Waals surface area contributed by atoms with Crippen molar-refractivity contribution >= 4 is 11.9 Å². The fraction of sp³-hybridized carbons (Fsp3) is 0.929. The third-order valence-corrected chi connectivity index (χ3v) is 10.7. The smallest absolute Gasteiger partial charge is 0.377 e. The molecule has 0 aliphatic heterocycles. The first-order chi connectivity index (χ1) is 17.1. The molecule has 0 amide bonds. The predicted octanol–water partition coefficient (Wildman–Crippen LogP) is 3.92. The number of carbonyl (C=O) groups is 2. The third-order valence-electron chi connectivity index (χ3n) is 10.7. The minimum atomic E-state index is -3.70. The van der Waals surface area contributed by atoms with E-state index in [0.29, 0.717) is 18.8 Å². The van der Waals surface area contributed by atoms with Crippen molar-refractivity contribution in [3.8, 4) is 0 Å². The number of alkyl halides is 2. The first kappa shape index (κ1) is 25.9. The molecule has 37 heavy (non-hydrogen) atoms. The lowest BCUT2D eigenvalue weighted by Gasteiger charge is -2.66. The molecule has 2 N–H and O–H groups in total. The third kappa shape index (κ3) is 4.13. The maximum atomic E-state index is 13.7. The molecule has 0 radical (unpaired) electrons. The van der Waals surface area contributed by atoms with Crippen molar-refractivity contribution in [2.75, 3.05) is 6.61 Å². The van der Waals surface area contributed by atoms with Gasteiger partial charge in [-0.1, -0.05) is 13.8 Å². The zero-order valence-corrected chi connectivity index (χ0v) is 22.1. The van der Waals surface area contributed by atoms with Crippen molar-refractivity contribution < 1.29 is 42.8 Å². The molecule has 8 saturated carbocycles. The van der Waals surface area contributed by atoms with Crippen molar-refractivity contribution in [1.29, 1.82) is 0 Å². The number of hydrogen-bond acceptors (Lipinski definition) is 7. The minimum Gasteiger partial charge on any atom is -0.456 e. The van der Waals surface area contributed by atoms with Crippen LogP contribution in [0.15, 0.2) is 0 Å². The quantitative estimate of drug-likeness (QED) is 0.485. The summed E-state index contributed by atoms with van der Waals surface area (Å²) in [6.07, 6.45) is 5.98. The van der Waals surface area contributed by atoms with Crippen LogP contribution in [0, 0.1) is 29.6 Å². The normalized spacial score (nSPS) is 49.5. The van der Waals surface area contributed by atoms with Crippen LogP contribution < -0.4 is 0 Å². The SMILES string of the molecule is CC(C)C1(OC(=O)COC23CC4(O)CC(O)(C2)CC(OC(=O)C(C)(F)F)(C4)C3)C2CC3CC(C2)CC1C3. The van der Waals surface area contributed by atoms with Gasteiger partial charge in [0.1, 0.15) is 17.8 Å². The van der Waals surface area contributed by atoms with Gasteiger partial charge < -0.3 is 24.4 Å². The molecule has 8 fully saturated rings. The largest absolute Gasteiger partial charge is 0.456 e. The highest BCUT2D eigenvalue weighted by Gasteiger charge is 2.71. The van der Waals surface area contributed by atoms with Gasteiger partial charge in [0, 0.05) is 45.4 Å². The van der Waals surface area contributed by atoms with Gasteiger partial charge in [-0.25, -0.2) is 9.59 Å². The number of aliphatic hydroxyl groups is 2. The van der Waals surface area contributed by atoms with Crippen molar-refractivity contribution in [3.63, 3.8) is 0 Å². The number of ether oxygens (including phenoxy) is 3. The second kappa shape index (κ2) is 7.87. The Morgan fingerprint density at radius 3 is 1.84 bits per heavy atom. The molecule has 8 rings (SSSR count). The molecule has 0 saturated heterocycles. The zero-order chi connectivity index (χ0) is 26.6. The average molecular weight is 527 g/mol. The van der Waals surface area contributed by atoms with Crippen molar-refractivity contribution in [2.45, 2.75) is 125 Å². The molecule has 2 atom stereocenters. The van der Waals surface area contributed by atoms with Crippen LogP contribution in [0.5, 0.6) is 0 Å². The lowest BCUT2D eigenvalue weighted by Crippen LogP contribution is -2.73. The van der Waals surface area contributed by atoms with E-state index in [1.165, 1.54) is 6.42 Å². The summed E-state index contributed by atoms with van der Waals surface area (Å²) < 4.78 is 45.2. The molecule has 208 valence electrons. The van der Waals surface area contributed by atoms with E-state index in [0.717, 1.165) is 37.5 Å². The fourth-order valence-electron chi connectivity index (χ4n) is 10.5. The molecular weight excluding hydrogens is 486 g/mol. The van der Waals surface area contributed by atoms with Gasteiger partial charge in [0.15, 0.2) is 0 Å². The van der Waals surface area contributed by atoms with E-state index in [1.807, 2.05) is 0 Å². The van der Waals surface area contributed by atoms with Gasteiger partial charge in [0.05, 0.1) is 16.8 Å². The highest BCUT2D eigenvalue weighted by atomic mass is 19.3. The summed E-state index contributed by atoms with van der Waals surface area (Å²) in [5.74, 6) is -3.51. The Bertz CT molecular complexity index is 942. The lowest BCUT2D eigenvalue weighted by molar-refractivity contribution is -0.314. The zero-order valence-electron chi connectivity index (χ0n) is 22.1. The van der Waals surface area contributed by atoms with Crippen LogP contribution in [0.2, 0.25) is 0 Å². The Hall–Kier alpha value is -1.32. The number of halogens is 2. The fourth-order valence-corrected chi connectivity index (χ4v) is 10.5. The maximum Gasteiger partial charge on any atom is 0.377 e. The molecule has 8 bridgehead atoms. The van der Waals surface area contributed by atoms with E-state index in [9.17, 15) is 28.6 Å². The second-order valence-corrected chi connectivity index (χ2v) is 14.2. The van der Waals surface area contributed by atoms with Gasteiger partial charge >= 0.3 is 17.9 Å². The molecule has 0 aromatic heterocycles. The van der Waals surface area contributed by atoms with Crippen LogP contribution >= 0.6 is 0 Å². The molecule has 0 spiro atoms. The lowest BCUT2D eigenvalue weighted by atomic mass is 9.47. The molecule has 0 heterocycles. The molecule has 8 aliphatic carbocycles. The first-order valence-electron chi connectivity index (χ1n) is 14.0. The summed E-state index contributed by atoms with van der Waals surface area (Å²) in [4.78, 5) is 25.4. The second-order valence-electron chi connectivity index (χ2n) is 14.2. The van der Waals surface area contributed by atoms with Crippen LogP contribution in [-0.4, -0.2) is 62.7 Å². The van der Waals surface area contributed by atoms with Gasteiger partial charge in [-0.3, -0.25) is 0 Å². The van der Waals surface area contributed by atoms with Crippen LogP contribution in [0.4, 0.5) is 8.78 Å². The Morgan fingerprint density at radius 2 is 1.35 bits per heavy atom. The van der Waals surface area contributed by atoms with Crippen LogP contribution in [-0.2, 0) is 23.8 Å². The number of hydrogen-bond donors (Lipinski definition) is 2. The highest BCUT2D eigenvalue weighted by Crippen LogP contribution is 2.64. The molecule has 0 aromatic carbocycles. The van der Waals surface area contributed by atoms with Gasteiger partial charge in [-0.2, -0.15) is 8.78 Å². The average Bonchev–Trinajstić information content (AvgIpc) is 2.70. The summed E-state index contributed by atoms with van der Waals surface area (Å²) in [7, 11) is 0. The molecular formula is C28H40F2O7. The van der Waals surface area contributed by atoms with Gasteiger partial charge in [0.2, 0.25) is 0 Å². The summed E-state index contributed by atoms with van der Waals surface area (Å²) in [5, 5.41) is 22.5. The van der Waals surface area contributed by atoms with E-state index < -0.39 is 45.9 Å². The van der Waals surface area contributed by atoms with E-state index in [-0.39, 0.29) is 51.0 Å². The Labute approximate surface area is 216 Å². The van der Waals surface area contributed by atoms with Crippen LogP contribution in [0.3, 0.4) is 0 Å². The molecule has 2 unspecified atom stereocenters. The number of esters is 2. The van der Waals surface area contributed by atoms with Gasteiger partial charge in [-0.15, -0.1) is 0 Å². The molecule has 7 nitrogen and oxygen atoms in total. The topological polar surface area (TPSA) is 102 Å². The molecule has 8 aliphatic rings. The van der Waals surface area contributed by atoms with Crippen LogP contribution in [0.1, 0.15) is 91.4 Å². The predicted molar refractivity (Wildman–Crippen MR) is 126 cm³/mol. The summed E-state index contributed by atoms with van der Waals surface area (Å²) in [6, 6.07) is 0. The maximum absolute atomic E-state index is 13.7. The van der Waals surface area contributed by atoms with E-state index >= 15 is 0 Å².